The number of hydrogen-bond donors (Lipinski definition) is 2. The fourth-order valence-electron chi connectivity index (χ4n) is 3.71. The SMILES string of the molecule is CCc1c(C(=O)N2CCc3ccc(C(=O)O)cc3C2)[nH]c(C)c1C(C)=O. The van der Waals surface area contributed by atoms with Crippen LogP contribution in [0.25, 0.3) is 0 Å². The zero-order valence-electron chi connectivity index (χ0n) is 15.2. The number of carboxylic acids is 1. The van der Waals surface area contributed by atoms with Crippen molar-refractivity contribution >= 4 is 17.7 Å². The fraction of sp³-hybridized carbons (Fsp3) is 0.350. The first-order valence-corrected chi connectivity index (χ1v) is 8.70. The first-order valence-electron chi connectivity index (χ1n) is 8.70. The minimum absolute atomic E-state index is 0.0512. The molecular formula is C20H22N2O4. The van der Waals surface area contributed by atoms with E-state index >= 15 is 0 Å². The molecule has 6 nitrogen and oxygen atoms in total. The second kappa shape index (κ2) is 6.78. The molecule has 2 heterocycles. The minimum Gasteiger partial charge on any atom is -0.478 e. The molecule has 0 radical (unpaired) electrons. The van der Waals surface area contributed by atoms with Gasteiger partial charge in [-0.2, -0.15) is 0 Å². The molecule has 0 saturated heterocycles. The maximum atomic E-state index is 13.1. The minimum atomic E-state index is -0.976. The van der Waals surface area contributed by atoms with E-state index in [4.69, 9.17) is 0 Å². The van der Waals surface area contributed by atoms with Gasteiger partial charge in [0.25, 0.3) is 5.91 Å². The van der Waals surface area contributed by atoms with Gasteiger partial charge in [0.1, 0.15) is 5.69 Å². The number of rotatable bonds is 4. The molecule has 2 aromatic rings. The summed E-state index contributed by atoms with van der Waals surface area (Å²) in [5, 5.41) is 9.18. The van der Waals surface area contributed by atoms with E-state index in [1.54, 1.807) is 24.0 Å². The number of aryl methyl sites for hydroxylation is 1. The number of hydrogen-bond acceptors (Lipinski definition) is 3. The highest BCUT2D eigenvalue weighted by Gasteiger charge is 2.28. The normalized spacial score (nSPS) is 13.4. The predicted octanol–water partition coefficient (Wildman–Crippen LogP) is 2.98. The zero-order valence-corrected chi connectivity index (χ0v) is 15.2. The Hall–Kier alpha value is -2.89. The zero-order chi connectivity index (χ0) is 19.0. The third kappa shape index (κ3) is 3.03. The number of aromatic carboxylic acids is 1. The highest BCUT2D eigenvalue weighted by Crippen LogP contribution is 2.25. The van der Waals surface area contributed by atoms with E-state index in [0.717, 1.165) is 16.7 Å². The number of aromatic amines is 1. The Bertz CT molecular complexity index is 911. The van der Waals surface area contributed by atoms with Gasteiger partial charge in [-0.05, 0) is 55.5 Å². The molecule has 1 amide bonds. The van der Waals surface area contributed by atoms with Crippen LogP contribution in [0.15, 0.2) is 18.2 Å². The van der Waals surface area contributed by atoms with Crippen molar-refractivity contribution in [2.75, 3.05) is 6.54 Å². The van der Waals surface area contributed by atoms with Gasteiger partial charge < -0.3 is 15.0 Å². The summed E-state index contributed by atoms with van der Waals surface area (Å²) in [6, 6.07) is 5.06. The largest absolute Gasteiger partial charge is 0.478 e. The predicted molar refractivity (Wildman–Crippen MR) is 96.8 cm³/mol. The van der Waals surface area contributed by atoms with Gasteiger partial charge in [-0.15, -0.1) is 0 Å². The third-order valence-electron chi connectivity index (χ3n) is 4.96. The van der Waals surface area contributed by atoms with Gasteiger partial charge in [-0.25, -0.2) is 4.79 Å². The lowest BCUT2D eigenvalue weighted by molar-refractivity contribution is 0.0696. The van der Waals surface area contributed by atoms with Crippen LogP contribution in [0.1, 0.15) is 67.4 Å². The maximum absolute atomic E-state index is 13.1. The molecule has 0 spiro atoms. The molecule has 0 aliphatic carbocycles. The summed E-state index contributed by atoms with van der Waals surface area (Å²) in [5.74, 6) is -1.18. The van der Waals surface area contributed by atoms with Crippen molar-refractivity contribution in [3.63, 3.8) is 0 Å². The van der Waals surface area contributed by atoms with Gasteiger partial charge in [0.15, 0.2) is 5.78 Å². The highest BCUT2D eigenvalue weighted by atomic mass is 16.4. The van der Waals surface area contributed by atoms with Crippen LogP contribution in [0.2, 0.25) is 0 Å². The average molecular weight is 354 g/mol. The molecule has 2 N–H and O–H groups in total. The Labute approximate surface area is 151 Å². The number of benzene rings is 1. The molecule has 1 aliphatic heterocycles. The molecular weight excluding hydrogens is 332 g/mol. The third-order valence-corrected chi connectivity index (χ3v) is 4.96. The topological polar surface area (TPSA) is 90.5 Å². The maximum Gasteiger partial charge on any atom is 0.335 e. The number of amides is 1. The summed E-state index contributed by atoms with van der Waals surface area (Å²) in [6.07, 6.45) is 1.27. The van der Waals surface area contributed by atoms with Crippen molar-refractivity contribution in [3.05, 3.63) is 57.4 Å². The molecule has 0 saturated carbocycles. The monoisotopic (exact) mass is 354 g/mol. The van der Waals surface area contributed by atoms with Crippen LogP contribution in [-0.2, 0) is 19.4 Å². The lowest BCUT2D eigenvalue weighted by Crippen LogP contribution is -2.36. The molecule has 1 aromatic heterocycles. The molecule has 1 aromatic carbocycles. The van der Waals surface area contributed by atoms with Crippen LogP contribution in [0, 0.1) is 6.92 Å². The van der Waals surface area contributed by atoms with Crippen LogP contribution < -0.4 is 0 Å². The van der Waals surface area contributed by atoms with Crippen molar-refractivity contribution in [1.29, 1.82) is 0 Å². The molecule has 0 fully saturated rings. The van der Waals surface area contributed by atoms with Gasteiger partial charge in [0.2, 0.25) is 0 Å². The number of carbonyl (C=O) groups excluding carboxylic acids is 2. The summed E-state index contributed by atoms with van der Waals surface area (Å²) in [7, 11) is 0. The van der Waals surface area contributed by atoms with E-state index in [2.05, 4.69) is 4.98 Å². The molecule has 3 rings (SSSR count). The first kappa shape index (κ1) is 17.9. The van der Waals surface area contributed by atoms with Crippen molar-refractivity contribution in [3.8, 4) is 0 Å². The molecule has 136 valence electrons. The van der Waals surface area contributed by atoms with Gasteiger partial charge in [-0.1, -0.05) is 13.0 Å². The summed E-state index contributed by atoms with van der Waals surface area (Å²) in [5.41, 5.74) is 4.68. The Morgan fingerprint density at radius 3 is 2.58 bits per heavy atom. The summed E-state index contributed by atoms with van der Waals surface area (Å²) in [4.78, 5) is 41.0. The number of fused-ring (bicyclic) bond motifs is 1. The van der Waals surface area contributed by atoms with Crippen LogP contribution in [0.4, 0.5) is 0 Å². The average Bonchev–Trinajstić information content (AvgIpc) is 2.96. The fourth-order valence-corrected chi connectivity index (χ4v) is 3.71. The molecule has 0 bridgehead atoms. The quantitative estimate of drug-likeness (QED) is 0.826. The number of nitrogens with one attached hydrogen (secondary N) is 1. The van der Waals surface area contributed by atoms with Crippen LogP contribution >= 0.6 is 0 Å². The smallest absolute Gasteiger partial charge is 0.335 e. The highest BCUT2D eigenvalue weighted by molar-refractivity contribution is 6.02. The lowest BCUT2D eigenvalue weighted by atomic mass is 9.96. The van der Waals surface area contributed by atoms with Crippen LogP contribution in [0.5, 0.6) is 0 Å². The van der Waals surface area contributed by atoms with Crippen molar-refractivity contribution in [2.24, 2.45) is 0 Å². The number of nitrogens with zero attached hydrogens (tertiary/aromatic N) is 1. The second-order valence-corrected chi connectivity index (χ2v) is 6.65. The number of aromatic nitrogens is 1. The lowest BCUT2D eigenvalue weighted by Gasteiger charge is -2.29. The Morgan fingerprint density at radius 2 is 1.96 bits per heavy atom. The summed E-state index contributed by atoms with van der Waals surface area (Å²) >= 11 is 0. The van der Waals surface area contributed by atoms with Crippen molar-refractivity contribution in [2.45, 2.75) is 40.2 Å². The van der Waals surface area contributed by atoms with E-state index < -0.39 is 5.97 Å². The number of H-pyrrole nitrogens is 1. The van der Waals surface area contributed by atoms with E-state index in [-0.39, 0.29) is 17.3 Å². The summed E-state index contributed by atoms with van der Waals surface area (Å²) < 4.78 is 0. The van der Waals surface area contributed by atoms with Crippen LogP contribution in [-0.4, -0.2) is 39.2 Å². The molecule has 1 aliphatic rings. The van der Waals surface area contributed by atoms with Gasteiger partial charge in [0.05, 0.1) is 5.56 Å². The van der Waals surface area contributed by atoms with Crippen molar-refractivity contribution in [1.82, 2.24) is 9.88 Å². The van der Waals surface area contributed by atoms with Gasteiger partial charge in [0, 0.05) is 24.3 Å². The Kier molecular flexibility index (Phi) is 4.68. The van der Waals surface area contributed by atoms with E-state index in [9.17, 15) is 19.5 Å². The van der Waals surface area contributed by atoms with Crippen molar-refractivity contribution < 1.29 is 19.5 Å². The van der Waals surface area contributed by atoms with E-state index in [1.807, 2.05) is 13.0 Å². The first-order chi connectivity index (χ1) is 12.3. The Morgan fingerprint density at radius 1 is 1.23 bits per heavy atom. The number of carbonyl (C=O) groups is 3. The summed E-state index contributed by atoms with van der Waals surface area (Å²) in [6.45, 7) is 6.17. The molecule has 26 heavy (non-hydrogen) atoms. The standard InChI is InChI=1S/C20H22N2O4/c1-4-16-17(12(3)23)11(2)21-18(16)19(24)22-8-7-13-5-6-14(20(25)26)9-15(13)10-22/h5-6,9,21H,4,7-8,10H2,1-3H3,(H,25,26). The van der Waals surface area contributed by atoms with E-state index in [1.165, 1.54) is 6.92 Å². The Balaban J connectivity index is 1.93. The van der Waals surface area contributed by atoms with Gasteiger partial charge in [-0.3, -0.25) is 9.59 Å². The van der Waals surface area contributed by atoms with Crippen LogP contribution in [0.3, 0.4) is 0 Å². The molecule has 6 heteroatoms. The number of carboxylic acid groups (broad SMARTS) is 1. The molecule has 0 atom stereocenters. The molecule has 0 unspecified atom stereocenters. The number of Topliss-reactive ketones (excluding diaryl/α,β-unsaturated/α-hetero) is 1. The second-order valence-electron chi connectivity index (χ2n) is 6.65. The van der Waals surface area contributed by atoms with E-state index in [0.29, 0.717) is 42.9 Å². The number of ketones is 1. The van der Waals surface area contributed by atoms with Gasteiger partial charge >= 0.3 is 5.97 Å².